The Labute approximate surface area is 125 Å². The SMILES string of the molecule is CCOC(=O)c1cccc(-c2ccc3nc(N)sc3n2)c1. The summed E-state index contributed by atoms with van der Waals surface area (Å²) in [7, 11) is 0. The third kappa shape index (κ3) is 2.71. The number of carbonyl (C=O) groups excluding carboxylic acids is 1. The van der Waals surface area contributed by atoms with Gasteiger partial charge in [0.15, 0.2) is 5.13 Å². The fourth-order valence-electron chi connectivity index (χ4n) is 2.01. The van der Waals surface area contributed by atoms with Crippen molar-refractivity contribution in [2.45, 2.75) is 6.92 Å². The highest BCUT2D eigenvalue weighted by atomic mass is 32.1. The van der Waals surface area contributed by atoms with Crippen LogP contribution in [0, 0.1) is 0 Å². The maximum Gasteiger partial charge on any atom is 0.338 e. The van der Waals surface area contributed by atoms with E-state index in [-0.39, 0.29) is 5.97 Å². The molecule has 0 radical (unpaired) electrons. The van der Waals surface area contributed by atoms with Crippen molar-refractivity contribution in [1.82, 2.24) is 9.97 Å². The molecule has 0 fully saturated rings. The zero-order valence-electron chi connectivity index (χ0n) is 11.4. The molecule has 5 nitrogen and oxygen atoms in total. The molecule has 2 aromatic heterocycles. The van der Waals surface area contributed by atoms with Gasteiger partial charge in [-0.1, -0.05) is 23.5 Å². The molecule has 0 saturated carbocycles. The average molecular weight is 299 g/mol. The second-order valence-corrected chi connectivity index (χ2v) is 5.38. The minimum atomic E-state index is -0.331. The minimum Gasteiger partial charge on any atom is -0.462 e. The van der Waals surface area contributed by atoms with Crippen LogP contribution in [0.5, 0.6) is 0 Å². The van der Waals surface area contributed by atoms with E-state index < -0.39 is 0 Å². The molecule has 0 amide bonds. The van der Waals surface area contributed by atoms with Crippen LogP contribution in [0.25, 0.3) is 21.6 Å². The number of nitrogens with two attached hydrogens (primary N) is 1. The Kier molecular flexibility index (Phi) is 3.53. The molecule has 0 atom stereocenters. The molecule has 6 heteroatoms. The molecule has 2 heterocycles. The lowest BCUT2D eigenvalue weighted by atomic mass is 10.1. The van der Waals surface area contributed by atoms with Crippen molar-refractivity contribution in [3.63, 3.8) is 0 Å². The molecule has 0 unspecified atom stereocenters. The third-order valence-corrected chi connectivity index (χ3v) is 3.74. The van der Waals surface area contributed by atoms with Crippen molar-refractivity contribution in [2.24, 2.45) is 0 Å². The standard InChI is InChI=1S/C15H13N3O2S/c1-2-20-14(19)10-5-3-4-9(8-10)11-6-7-12-13(17-11)21-15(16)18-12/h3-8H,2H2,1H3,(H2,16,18). The van der Waals surface area contributed by atoms with Crippen LogP contribution < -0.4 is 5.73 Å². The summed E-state index contributed by atoms with van der Waals surface area (Å²) in [5.41, 5.74) is 8.61. The monoisotopic (exact) mass is 299 g/mol. The van der Waals surface area contributed by atoms with Crippen LogP contribution in [-0.2, 0) is 4.74 Å². The van der Waals surface area contributed by atoms with Gasteiger partial charge in [0.2, 0.25) is 0 Å². The van der Waals surface area contributed by atoms with Crippen LogP contribution in [0.2, 0.25) is 0 Å². The van der Waals surface area contributed by atoms with E-state index in [4.69, 9.17) is 10.5 Å². The van der Waals surface area contributed by atoms with Crippen LogP contribution >= 0.6 is 11.3 Å². The van der Waals surface area contributed by atoms with Crippen molar-refractivity contribution in [3.05, 3.63) is 42.0 Å². The molecular weight excluding hydrogens is 286 g/mol. The number of ether oxygens (including phenoxy) is 1. The number of nitrogen functional groups attached to an aromatic ring is 1. The van der Waals surface area contributed by atoms with Crippen molar-refractivity contribution in [2.75, 3.05) is 12.3 Å². The molecule has 0 saturated heterocycles. The lowest BCUT2D eigenvalue weighted by Gasteiger charge is -2.04. The van der Waals surface area contributed by atoms with Crippen LogP contribution in [0.1, 0.15) is 17.3 Å². The molecule has 0 aliphatic carbocycles. The molecular formula is C15H13N3O2S. The van der Waals surface area contributed by atoms with Crippen LogP contribution in [0.15, 0.2) is 36.4 Å². The Morgan fingerprint density at radius 3 is 2.95 bits per heavy atom. The predicted octanol–water partition coefficient (Wildman–Crippen LogP) is 3.12. The van der Waals surface area contributed by atoms with E-state index in [0.29, 0.717) is 17.3 Å². The first kappa shape index (κ1) is 13.5. The molecule has 0 aliphatic rings. The number of benzene rings is 1. The van der Waals surface area contributed by atoms with E-state index in [2.05, 4.69) is 9.97 Å². The number of esters is 1. The Balaban J connectivity index is 2.01. The second-order valence-electron chi connectivity index (χ2n) is 4.37. The predicted molar refractivity (Wildman–Crippen MR) is 83.2 cm³/mol. The van der Waals surface area contributed by atoms with E-state index in [9.17, 15) is 4.79 Å². The molecule has 2 N–H and O–H groups in total. The quantitative estimate of drug-likeness (QED) is 0.752. The first-order chi connectivity index (χ1) is 10.2. The van der Waals surface area contributed by atoms with Crippen molar-refractivity contribution in [3.8, 4) is 11.3 Å². The maximum atomic E-state index is 11.8. The third-order valence-electron chi connectivity index (χ3n) is 2.94. The van der Waals surface area contributed by atoms with Crippen molar-refractivity contribution in [1.29, 1.82) is 0 Å². The van der Waals surface area contributed by atoms with E-state index in [1.165, 1.54) is 11.3 Å². The van der Waals surface area contributed by atoms with Gasteiger partial charge >= 0.3 is 5.97 Å². The second kappa shape index (κ2) is 5.49. The van der Waals surface area contributed by atoms with E-state index >= 15 is 0 Å². The summed E-state index contributed by atoms with van der Waals surface area (Å²) in [6.45, 7) is 2.14. The summed E-state index contributed by atoms with van der Waals surface area (Å²) < 4.78 is 5.01. The number of rotatable bonds is 3. The molecule has 21 heavy (non-hydrogen) atoms. The van der Waals surface area contributed by atoms with Gasteiger partial charge in [0.1, 0.15) is 10.3 Å². The van der Waals surface area contributed by atoms with Gasteiger partial charge in [0.05, 0.1) is 17.9 Å². The number of hydrogen-bond acceptors (Lipinski definition) is 6. The Hall–Kier alpha value is -2.47. The molecule has 0 aliphatic heterocycles. The smallest absolute Gasteiger partial charge is 0.338 e. The molecule has 3 aromatic rings. The summed E-state index contributed by atoms with van der Waals surface area (Å²) in [6.07, 6.45) is 0. The van der Waals surface area contributed by atoms with Gasteiger partial charge in [-0.15, -0.1) is 0 Å². The van der Waals surface area contributed by atoms with Crippen molar-refractivity contribution >= 4 is 32.8 Å². The van der Waals surface area contributed by atoms with Crippen LogP contribution in [0.4, 0.5) is 5.13 Å². The van der Waals surface area contributed by atoms with Crippen molar-refractivity contribution < 1.29 is 9.53 Å². The number of hydrogen-bond donors (Lipinski definition) is 1. The fourth-order valence-corrected chi connectivity index (χ4v) is 2.72. The Bertz CT molecular complexity index is 814. The van der Waals surface area contributed by atoms with Gasteiger partial charge in [-0.2, -0.15) is 0 Å². The number of fused-ring (bicyclic) bond motifs is 1. The zero-order valence-corrected chi connectivity index (χ0v) is 12.2. The summed E-state index contributed by atoms with van der Waals surface area (Å²) >= 11 is 1.34. The molecule has 3 rings (SSSR count). The normalized spacial score (nSPS) is 10.7. The molecule has 0 spiro atoms. The molecule has 0 bridgehead atoms. The maximum absolute atomic E-state index is 11.8. The van der Waals surface area contributed by atoms with Gasteiger partial charge < -0.3 is 10.5 Å². The first-order valence-electron chi connectivity index (χ1n) is 6.48. The highest BCUT2D eigenvalue weighted by Crippen LogP contribution is 2.26. The summed E-state index contributed by atoms with van der Waals surface area (Å²) in [4.78, 5) is 21.3. The molecule has 106 valence electrons. The number of thiazole rings is 1. The Morgan fingerprint density at radius 1 is 1.29 bits per heavy atom. The highest BCUT2D eigenvalue weighted by Gasteiger charge is 2.10. The number of aromatic nitrogens is 2. The van der Waals surface area contributed by atoms with Gasteiger partial charge in [-0.3, -0.25) is 0 Å². The first-order valence-corrected chi connectivity index (χ1v) is 7.29. The Morgan fingerprint density at radius 2 is 2.14 bits per heavy atom. The number of carbonyl (C=O) groups is 1. The van der Waals surface area contributed by atoms with E-state index in [1.807, 2.05) is 24.3 Å². The van der Waals surface area contributed by atoms with E-state index in [1.54, 1.807) is 19.1 Å². The average Bonchev–Trinajstić information content (AvgIpc) is 2.86. The van der Waals surface area contributed by atoms with Crippen LogP contribution in [0.3, 0.4) is 0 Å². The highest BCUT2D eigenvalue weighted by molar-refractivity contribution is 7.21. The summed E-state index contributed by atoms with van der Waals surface area (Å²) in [6, 6.07) is 11.0. The molecule has 1 aromatic carbocycles. The van der Waals surface area contributed by atoms with Crippen LogP contribution in [-0.4, -0.2) is 22.5 Å². The van der Waals surface area contributed by atoms with E-state index in [0.717, 1.165) is 21.6 Å². The minimum absolute atomic E-state index is 0.331. The van der Waals surface area contributed by atoms with Gasteiger partial charge in [0, 0.05) is 5.56 Å². The summed E-state index contributed by atoms with van der Waals surface area (Å²) in [5, 5.41) is 0.495. The summed E-state index contributed by atoms with van der Waals surface area (Å²) in [5.74, 6) is -0.331. The number of anilines is 1. The number of pyridine rings is 1. The lowest BCUT2D eigenvalue weighted by molar-refractivity contribution is 0.0526. The number of nitrogens with zero attached hydrogens (tertiary/aromatic N) is 2. The van der Waals surface area contributed by atoms with Gasteiger partial charge in [-0.25, -0.2) is 14.8 Å². The fraction of sp³-hybridized carbons (Fsp3) is 0.133. The topological polar surface area (TPSA) is 78.1 Å². The largest absolute Gasteiger partial charge is 0.462 e. The lowest BCUT2D eigenvalue weighted by Crippen LogP contribution is -2.04. The zero-order chi connectivity index (χ0) is 14.8. The van der Waals surface area contributed by atoms with Gasteiger partial charge in [-0.05, 0) is 31.2 Å². The van der Waals surface area contributed by atoms with Gasteiger partial charge in [0.25, 0.3) is 0 Å².